The third kappa shape index (κ3) is 7.80. The lowest BCUT2D eigenvalue weighted by molar-refractivity contribution is -0.113. The number of benzene rings is 4. The summed E-state index contributed by atoms with van der Waals surface area (Å²) in [6.07, 6.45) is 1.53. The molecule has 0 saturated carbocycles. The molecule has 0 spiro atoms. The van der Waals surface area contributed by atoms with Gasteiger partial charge < -0.3 is 24.8 Å². The standard InChI is InChI=1S/C33H30N2O6S/c1-39-26-15-7-12-23(18-26)29(36)21-42-27-16-9-14-25(20-27)34-33(38)28(35-32(37)22-10-5-4-6-11-22)19-24-13-8-17-30(40-2)31(24)41-3/h4-20H,21H2,1-3H3,(H,34,38)(H,35,37)/b28-19-. The molecule has 2 amide bonds. The second-order valence-electron chi connectivity index (χ2n) is 8.89. The quantitative estimate of drug-likeness (QED) is 0.118. The van der Waals surface area contributed by atoms with E-state index < -0.39 is 11.8 Å². The zero-order valence-corrected chi connectivity index (χ0v) is 24.2. The minimum absolute atomic E-state index is 0.00154. The Morgan fingerprint density at radius 3 is 2.24 bits per heavy atom. The van der Waals surface area contributed by atoms with E-state index in [4.69, 9.17) is 14.2 Å². The highest BCUT2D eigenvalue weighted by atomic mass is 32.2. The third-order valence-corrected chi connectivity index (χ3v) is 7.11. The number of carbonyl (C=O) groups is 3. The number of amides is 2. The van der Waals surface area contributed by atoms with Gasteiger partial charge in [-0.2, -0.15) is 0 Å². The zero-order valence-electron chi connectivity index (χ0n) is 23.4. The minimum atomic E-state index is -0.543. The molecule has 0 aliphatic carbocycles. The highest BCUT2D eigenvalue weighted by molar-refractivity contribution is 8.00. The van der Waals surface area contributed by atoms with Gasteiger partial charge in [-0.15, -0.1) is 11.8 Å². The van der Waals surface area contributed by atoms with E-state index in [0.29, 0.717) is 39.6 Å². The average Bonchev–Trinajstić information content (AvgIpc) is 3.03. The lowest BCUT2D eigenvalue weighted by Gasteiger charge is -2.14. The number of para-hydroxylation sites is 1. The van der Waals surface area contributed by atoms with Crippen molar-refractivity contribution in [3.05, 3.63) is 119 Å². The molecule has 0 unspecified atom stereocenters. The summed E-state index contributed by atoms with van der Waals surface area (Å²) in [4.78, 5) is 40.0. The summed E-state index contributed by atoms with van der Waals surface area (Å²) in [5, 5.41) is 5.58. The summed E-state index contributed by atoms with van der Waals surface area (Å²) in [6, 6.07) is 28.0. The fraction of sp³-hybridized carbons (Fsp3) is 0.121. The van der Waals surface area contributed by atoms with Crippen molar-refractivity contribution in [2.45, 2.75) is 4.90 Å². The van der Waals surface area contributed by atoms with Crippen LogP contribution in [0.5, 0.6) is 17.2 Å². The second-order valence-corrected chi connectivity index (χ2v) is 9.94. The van der Waals surface area contributed by atoms with Crippen LogP contribution in [0.1, 0.15) is 26.3 Å². The van der Waals surface area contributed by atoms with E-state index in [1.807, 2.05) is 6.07 Å². The maximum Gasteiger partial charge on any atom is 0.272 e. The van der Waals surface area contributed by atoms with Crippen LogP contribution in [0.15, 0.2) is 108 Å². The maximum atomic E-state index is 13.5. The number of thioether (sulfide) groups is 1. The SMILES string of the molecule is COc1cccc(C(=O)CSc2cccc(NC(=O)/C(=C/c3cccc(OC)c3OC)NC(=O)c3ccccc3)c2)c1. The zero-order chi connectivity index (χ0) is 29.9. The number of carbonyl (C=O) groups excluding carboxylic acids is 3. The topological polar surface area (TPSA) is 103 Å². The molecule has 42 heavy (non-hydrogen) atoms. The largest absolute Gasteiger partial charge is 0.497 e. The third-order valence-electron chi connectivity index (χ3n) is 6.12. The van der Waals surface area contributed by atoms with E-state index in [0.717, 1.165) is 4.90 Å². The predicted molar refractivity (Wildman–Crippen MR) is 165 cm³/mol. The van der Waals surface area contributed by atoms with Gasteiger partial charge in [-0.25, -0.2) is 0 Å². The molecule has 0 radical (unpaired) electrons. The van der Waals surface area contributed by atoms with Crippen LogP contribution in [-0.2, 0) is 4.79 Å². The van der Waals surface area contributed by atoms with Crippen LogP contribution < -0.4 is 24.8 Å². The van der Waals surface area contributed by atoms with Crippen LogP contribution in [0.2, 0.25) is 0 Å². The molecule has 0 saturated heterocycles. The first-order chi connectivity index (χ1) is 20.4. The summed E-state index contributed by atoms with van der Waals surface area (Å²) >= 11 is 1.35. The van der Waals surface area contributed by atoms with Gasteiger partial charge in [0.1, 0.15) is 11.4 Å². The lowest BCUT2D eigenvalue weighted by Crippen LogP contribution is -2.30. The van der Waals surface area contributed by atoms with Crippen molar-refractivity contribution in [3.63, 3.8) is 0 Å². The van der Waals surface area contributed by atoms with E-state index >= 15 is 0 Å². The molecule has 0 fully saturated rings. The molecule has 8 nitrogen and oxygen atoms in total. The Hall–Kier alpha value is -5.02. The van der Waals surface area contributed by atoms with Crippen LogP contribution in [0.3, 0.4) is 0 Å². The molecule has 4 aromatic carbocycles. The highest BCUT2D eigenvalue weighted by Crippen LogP contribution is 2.32. The molecule has 4 rings (SSSR count). The van der Waals surface area contributed by atoms with Crippen molar-refractivity contribution in [2.75, 3.05) is 32.4 Å². The van der Waals surface area contributed by atoms with Gasteiger partial charge in [0.05, 0.1) is 27.1 Å². The number of ether oxygens (including phenoxy) is 3. The normalized spacial score (nSPS) is 10.9. The van der Waals surface area contributed by atoms with Crippen LogP contribution in [0.25, 0.3) is 6.08 Å². The van der Waals surface area contributed by atoms with Crippen LogP contribution >= 0.6 is 11.8 Å². The molecule has 0 aliphatic rings. The average molecular weight is 583 g/mol. The van der Waals surface area contributed by atoms with Gasteiger partial charge in [0, 0.05) is 27.3 Å². The van der Waals surface area contributed by atoms with E-state index in [-0.39, 0.29) is 17.2 Å². The van der Waals surface area contributed by atoms with Crippen LogP contribution in [0.4, 0.5) is 5.69 Å². The van der Waals surface area contributed by atoms with E-state index in [2.05, 4.69) is 10.6 Å². The molecule has 214 valence electrons. The van der Waals surface area contributed by atoms with Gasteiger partial charge in [-0.3, -0.25) is 14.4 Å². The molecule has 9 heteroatoms. The summed E-state index contributed by atoms with van der Waals surface area (Å²) < 4.78 is 16.1. The number of nitrogens with one attached hydrogen (secondary N) is 2. The molecular formula is C33H30N2O6S. The van der Waals surface area contributed by atoms with Gasteiger partial charge in [0.25, 0.3) is 11.8 Å². The molecule has 0 atom stereocenters. The molecule has 4 aromatic rings. The summed E-state index contributed by atoms with van der Waals surface area (Å²) in [6.45, 7) is 0. The Bertz CT molecular complexity index is 1600. The first kappa shape index (κ1) is 30.0. The molecular weight excluding hydrogens is 552 g/mol. The van der Waals surface area contributed by atoms with E-state index in [1.165, 1.54) is 32.1 Å². The number of ketones is 1. The van der Waals surface area contributed by atoms with Gasteiger partial charge in [-0.05, 0) is 54.6 Å². The van der Waals surface area contributed by atoms with Crippen molar-refractivity contribution >= 4 is 41.1 Å². The lowest BCUT2D eigenvalue weighted by atomic mass is 10.1. The van der Waals surface area contributed by atoms with Gasteiger partial charge >= 0.3 is 0 Å². The van der Waals surface area contributed by atoms with Crippen molar-refractivity contribution < 1.29 is 28.6 Å². The number of Topliss-reactive ketones (excluding diaryl/α,β-unsaturated/α-hetero) is 1. The minimum Gasteiger partial charge on any atom is -0.497 e. The fourth-order valence-corrected chi connectivity index (χ4v) is 4.86. The van der Waals surface area contributed by atoms with Crippen molar-refractivity contribution in [2.24, 2.45) is 0 Å². The van der Waals surface area contributed by atoms with Crippen molar-refractivity contribution in [3.8, 4) is 17.2 Å². The molecule has 0 aromatic heterocycles. The van der Waals surface area contributed by atoms with E-state index in [9.17, 15) is 14.4 Å². The van der Waals surface area contributed by atoms with Crippen molar-refractivity contribution in [1.29, 1.82) is 0 Å². The van der Waals surface area contributed by atoms with Crippen LogP contribution in [0, 0.1) is 0 Å². The fourth-order valence-electron chi connectivity index (χ4n) is 4.01. The summed E-state index contributed by atoms with van der Waals surface area (Å²) in [5.41, 5.74) is 1.99. The Morgan fingerprint density at radius 1 is 0.762 bits per heavy atom. The molecule has 0 bridgehead atoms. The monoisotopic (exact) mass is 582 g/mol. The maximum absolute atomic E-state index is 13.5. The Morgan fingerprint density at radius 2 is 1.50 bits per heavy atom. The highest BCUT2D eigenvalue weighted by Gasteiger charge is 2.18. The van der Waals surface area contributed by atoms with Gasteiger partial charge in [0.15, 0.2) is 17.3 Å². The Balaban J connectivity index is 1.55. The molecule has 2 N–H and O–H groups in total. The van der Waals surface area contributed by atoms with Crippen LogP contribution in [-0.4, -0.2) is 44.7 Å². The first-order valence-electron chi connectivity index (χ1n) is 12.9. The first-order valence-corrected chi connectivity index (χ1v) is 13.9. The number of hydrogen-bond acceptors (Lipinski definition) is 7. The second kappa shape index (κ2) is 14.6. The smallest absolute Gasteiger partial charge is 0.272 e. The Labute approximate surface area is 248 Å². The van der Waals surface area contributed by atoms with Crippen molar-refractivity contribution in [1.82, 2.24) is 5.32 Å². The number of methoxy groups -OCH3 is 3. The number of rotatable bonds is 12. The summed E-state index contributed by atoms with van der Waals surface area (Å²) in [7, 11) is 4.57. The molecule has 0 heterocycles. The van der Waals surface area contributed by atoms with Gasteiger partial charge in [0.2, 0.25) is 0 Å². The predicted octanol–water partition coefficient (Wildman–Crippen LogP) is 6.10. The summed E-state index contributed by atoms with van der Waals surface area (Å²) in [5.74, 6) is 0.683. The number of anilines is 1. The van der Waals surface area contributed by atoms with E-state index in [1.54, 1.807) is 98.1 Å². The molecule has 0 aliphatic heterocycles. The number of hydrogen-bond donors (Lipinski definition) is 2. The van der Waals surface area contributed by atoms with Gasteiger partial charge in [-0.1, -0.05) is 48.5 Å². The Kier molecular flexibility index (Phi) is 10.4.